The number of carbonyl (C=O) groups excluding carboxylic acids is 1. The highest BCUT2D eigenvalue weighted by Crippen LogP contribution is 2.31. The third kappa shape index (κ3) is 2.92. The van der Waals surface area contributed by atoms with Gasteiger partial charge in [0.05, 0.1) is 6.61 Å². The van der Waals surface area contributed by atoms with Crippen molar-refractivity contribution < 1.29 is 9.53 Å². The molecule has 0 radical (unpaired) electrons. The molecular formula is C6H11NO2S2. The lowest BCUT2D eigenvalue weighted by Gasteiger charge is -2.01. The first-order valence-corrected chi connectivity index (χ1v) is 5.88. The van der Waals surface area contributed by atoms with Crippen LogP contribution in [0.25, 0.3) is 0 Å². The Morgan fingerprint density at radius 3 is 3.09 bits per heavy atom. The highest BCUT2D eigenvalue weighted by atomic mass is 33.1. The second-order valence-electron chi connectivity index (χ2n) is 2.15. The molecular weight excluding hydrogens is 182 g/mol. The van der Waals surface area contributed by atoms with Gasteiger partial charge >= 0.3 is 5.97 Å². The van der Waals surface area contributed by atoms with Gasteiger partial charge in [0.25, 0.3) is 0 Å². The Labute approximate surface area is 73.8 Å². The molecule has 2 N–H and O–H groups in total. The SMILES string of the molecule is NCCSSC1CCOC1=O. The van der Waals surface area contributed by atoms with Crippen LogP contribution in [0, 0.1) is 0 Å². The zero-order valence-corrected chi connectivity index (χ0v) is 7.75. The van der Waals surface area contributed by atoms with Crippen molar-refractivity contribution in [2.75, 3.05) is 18.9 Å². The molecule has 1 unspecified atom stereocenters. The summed E-state index contributed by atoms with van der Waals surface area (Å²) in [7, 11) is 3.22. The van der Waals surface area contributed by atoms with E-state index in [0.29, 0.717) is 13.2 Å². The van der Waals surface area contributed by atoms with Gasteiger partial charge in [-0.25, -0.2) is 0 Å². The maximum atomic E-state index is 10.9. The van der Waals surface area contributed by atoms with Crippen LogP contribution in [-0.4, -0.2) is 30.1 Å². The number of cyclic esters (lactones) is 1. The Balaban J connectivity index is 2.10. The van der Waals surface area contributed by atoms with Gasteiger partial charge < -0.3 is 10.5 Å². The second-order valence-corrected chi connectivity index (χ2v) is 4.84. The van der Waals surface area contributed by atoms with Gasteiger partial charge in [-0.05, 0) is 0 Å². The van der Waals surface area contributed by atoms with Crippen LogP contribution in [0.3, 0.4) is 0 Å². The minimum Gasteiger partial charge on any atom is -0.465 e. The van der Waals surface area contributed by atoms with Gasteiger partial charge in [-0.1, -0.05) is 21.6 Å². The van der Waals surface area contributed by atoms with Crippen molar-refractivity contribution in [2.45, 2.75) is 11.7 Å². The third-order valence-electron chi connectivity index (χ3n) is 1.27. The van der Waals surface area contributed by atoms with Crippen molar-refractivity contribution in [2.24, 2.45) is 5.73 Å². The minimum atomic E-state index is -0.0699. The quantitative estimate of drug-likeness (QED) is 0.403. The molecule has 0 bridgehead atoms. The van der Waals surface area contributed by atoms with E-state index in [-0.39, 0.29) is 11.2 Å². The van der Waals surface area contributed by atoms with Crippen LogP contribution in [0.4, 0.5) is 0 Å². The van der Waals surface area contributed by atoms with Gasteiger partial charge in [0, 0.05) is 18.7 Å². The lowest BCUT2D eigenvalue weighted by molar-refractivity contribution is -0.137. The molecule has 0 amide bonds. The Morgan fingerprint density at radius 2 is 2.55 bits per heavy atom. The van der Waals surface area contributed by atoms with Crippen LogP contribution in [0.15, 0.2) is 0 Å². The van der Waals surface area contributed by atoms with E-state index in [9.17, 15) is 4.79 Å². The van der Waals surface area contributed by atoms with Crippen molar-refractivity contribution in [3.63, 3.8) is 0 Å². The number of esters is 1. The Kier molecular flexibility index (Phi) is 4.11. The molecule has 1 saturated heterocycles. The molecule has 1 heterocycles. The molecule has 64 valence electrons. The fraction of sp³-hybridized carbons (Fsp3) is 0.833. The largest absolute Gasteiger partial charge is 0.465 e. The molecule has 1 fully saturated rings. The number of ether oxygens (including phenoxy) is 1. The molecule has 3 nitrogen and oxygen atoms in total. The fourth-order valence-electron chi connectivity index (χ4n) is 0.743. The van der Waals surface area contributed by atoms with Crippen LogP contribution in [0.2, 0.25) is 0 Å². The second kappa shape index (κ2) is 4.90. The molecule has 1 atom stereocenters. The summed E-state index contributed by atoms with van der Waals surface area (Å²) >= 11 is 0. The zero-order valence-electron chi connectivity index (χ0n) is 6.12. The number of rotatable bonds is 4. The summed E-state index contributed by atoms with van der Waals surface area (Å²) in [4.78, 5) is 10.9. The zero-order chi connectivity index (χ0) is 8.10. The van der Waals surface area contributed by atoms with Gasteiger partial charge in [0.2, 0.25) is 0 Å². The predicted molar refractivity (Wildman–Crippen MR) is 48.5 cm³/mol. The van der Waals surface area contributed by atoms with E-state index in [1.165, 1.54) is 0 Å². The molecule has 5 heteroatoms. The van der Waals surface area contributed by atoms with E-state index in [1.807, 2.05) is 0 Å². The first-order chi connectivity index (χ1) is 5.34. The van der Waals surface area contributed by atoms with Crippen molar-refractivity contribution in [1.82, 2.24) is 0 Å². The number of nitrogens with two attached hydrogens (primary N) is 1. The lowest BCUT2D eigenvalue weighted by Crippen LogP contribution is -2.08. The van der Waals surface area contributed by atoms with Crippen molar-refractivity contribution in [3.8, 4) is 0 Å². The van der Waals surface area contributed by atoms with Gasteiger partial charge in [0.15, 0.2) is 0 Å². The Bertz CT molecular complexity index is 143. The van der Waals surface area contributed by atoms with E-state index >= 15 is 0 Å². The molecule has 1 aliphatic rings. The molecule has 11 heavy (non-hydrogen) atoms. The summed E-state index contributed by atoms with van der Waals surface area (Å²) in [6.07, 6.45) is 0.848. The van der Waals surface area contributed by atoms with Crippen molar-refractivity contribution in [1.29, 1.82) is 0 Å². The van der Waals surface area contributed by atoms with Crippen LogP contribution in [0.1, 0.15) is 6.42 Å². The van der Waals surface area contributed by atoms with Crippen LogP contribution < -0.4 is 5.73 Å². The normalized spacial score (nSPS) is 23.7. The van der Waals surface area contributed by atoms with E-state index in [1.54, 1.807) is 21.6 Å². The summed E-state index contributed by atoms with van der Waals surface area (Å²) in [5, 5.41) is 0.0477. The van der Waals surface area contributed by atoms with Gasteiger partial charge in [-0.2, -0.15) is 0 Å². The van der Waals surface area contributed by atoms with E-state index in [2.05, 4.69) is 0 Å². The summed E-state index contributed by atoms with van der Waals surface area (Å²) in [6, 6.07) is 0. The summed E-state index contributed by atoms with van der Waals surface area (Å²) in [5.74, 6) is 0.827. The van der Waals surface area contributed by atoms with E-state index in [4.69, 9.17) is 10.5 Å². The highest BCUT2D eigenvalue weighted by molar-refractivity contribution is 8.77. The van der Waals surface area contributed by atoms with Gasteiger partial charge in [-0.15, -0.1) is 0 Å². The molecule has 0 spiro atoms. The molecule has 0 aliphatic carbocycles. The fourth-order valence-corrected chi connectivity index (χ4v) is 3.03. The van der Waals surface area contributed by atoms with Crippen LogP contribution >= 0.6 is 21.6 Å². The number of hydrogen-bond acceptors (Lipinski definition) is 5. The average Bonchev–Trinajstić information content (AvgIpc) is 2.37. The Hall–Kier alpha value is 0.130. The maximum absolute atomic E-state index is 10.9. The van der Waals surface area contributed by atoms with Crippen LogP contribution in [0.5, 0.6) is 0 Å². The molecule has 1 aliphatic heterocycles. The molecule has 0 saturated carbocycles. The maximum Gasteiger partial charge on any atom is 0.320 e. The minimum absolute atomic E-state index is 0.0477. The van der Waals surface area contributed by atoms with E-state index < -0.39 is 0 Å². The van der Waals surface area contributed by atoms with Crippen molar-refractivity contribution in [3.05, 3.63) is 0 Å². The molecule has 0 aromatic heterocycles. The van der Waals surface area contributed by atoms with E-state index in [0.717, 1.165) is 12.2 Å². The van der Waals surface area contributed by atoms with Crippen LogP contribution in [-0.2, 0) is 9.53 Å². The molecule has 0 aromatic rings. The summed E-state index contributed by atoms with van der Waals surface area (Å²) in [5.41, 5.74) is 5.30. The predicted octanol–water partition coefficient (Wildman–Crippen LogP) is 0.642. The molecule has 0 aromatic carbocycles. The standard InChI is InChI=1S/C6H11NO2S2/c7-2-4-10-11-5-1-3-9-6(5)8/h5H,1-4,7H2. The van der Waals surface area contributed by atoms with Gasteiger partial charge in [-0.3, -0.25) is 4.79 Å². The monoisotopic (exact) mass is 193 g/mol. The highest BCUT2D eigenvalue weighted by Gasteiger charge is 2.26. The smallest absolute Gasteiger partial charge is 0.320 e. The average molecular weight is 193 g/mol. The van der Waals surface area contributed by atoms with Gasteiger partial charge in [0.1, 0.15) is 5.25 Å². The summed E-state index contributed by atoms with van der Waals surface area (Å²) < 4.78 is 4.79. The lowest BCUT2D eigenvalue weighted by atomic mass is 10.4. The first-order valence-electron chi connectivity index (χ1n) is 3.49. The van der Waals surface area contributed by atoms with Crippen molar-refractivity contribution >= 4 is 27.6 Å². The summed E-state index contributed by atoms with van der Waals surface area (Å²) in [6.45, 7) is 1.25. The topological polar surface area (TPSA) is 52.3 Å². The molecule has 1 rings (SSSR count). The third-order valence-corrected chi connectivity index (χ3v) is 4.08. The number of carbonyl (C=O) groups is 1. The Morgan fingerprint density at radius 1 is 1.73 bits per heavy atom. The first kappa shape index (κ1) is 9.22. The number of hydrogen-bond donors (Lipinski definition) is 1.